The summed E-state index contributed by atoms with van der Waals surface area (Å²) in [5.41, 5.74) is 0.406. The highest BCUT2D eigenvalue weighted by atomic mass is 32.2. The van der Waals surface area contributed by atoms with Gasteiger partial charge in [0.25, 0.3) is 0 Å². The zero-order valence-corrected chi connectivity index (χ0v) is 11.1. The van der Waals surface area contributed by atoms with E-state index in [-0.39, 0.29) is 21.3 Å². The molecule has 2 rings (SSSR count). The Bertz CT molecular complexity index is 690. The molecule has 0 unspecified atom stereocenters. The topological polar surface area (TPSA) is 106 Å². The highest BCUT2D eigenvalue weighted by Gasteiger charge is 2.20. The van der Waals surface area contributed by atoms with Gasteiger partial charge >= 0.3 is 11.7 Å². The van der Waals surface area contributed by atoms with Gasteiger partial charge in [0, 0.05) is 18.0 Å². The van der Waals surface area contributed by atoms with Crippen LogP contribution in [0.1, 0.15) is 16.1 Å². The van der Waals surface area contributed by atoms with Crippen molar-refractivity contribution >= 4 is 23.4 Å². The van der Waals surface area contributed by atoms with E-state index in [2.05, 4.69) is 9.97 Å². The van der Waals surface area contributed by atoms with Crippen LogP contribution in [0.3, 0.4) is 0 Å². The number of aromatic carboxylic acids is 1. The van der Waals surface area contributed by atoms with Crippen LogP contribution in [-0.4, -0.2) is 26.0 Å². The molecule has 0 saturated heterocycles. The molecule has 8 heteroatoms. The smallest absolute Gasteiger partial charge is 0.338 e. The third kappa shape index (κ3) is 2.91. The number of hydrogen-bond acceptors (Lipinski definition) is 6. The van der Waals surface area contributed by atoms with Crippen LogP contribution in [0.4, 0.5) is 5.69 Å². The predicted molar refractivity (Wildman–Crippen MR) is 70.9 cm³/mol. The SMILES string of the molecule is Cc1ccc([N+](=O)[O-])c(Sc2ncccc2C(=O)O)n1. The standard InChI is InChI=1S/C12H9N3O4S/c1-7-4-5-9(15(18)19)11(14-7)20-10-8(12(16)17)3-2-6-13-10/h2-6H,1H3,(H,16,17). The number of nitro groups is 1. The summed E-state index contributed by atoms with van der Waals surface area (Å²) in [6.45, 7) is 1.70. The second-order valence-electron chi connectivity index (χ2n) is 3.80. The molecular weight excluding hydrogens is 282 g/mol. The van der Waals surface area contributed by atoms with Gasteiger partial charge in [-0.1, -0.05) is 0 Å². The second kappa shape index (κ2) is 5.66. The lowest BCUT2D eigenvalue weighted by Gasteiger charge is -2.05. The Kier molecular flexibility index (Phi) is 3.94. The molecule has 2 heterocycles. The van der Waals surface area contributed by atoms with Crippen molar-refractivity contribution in [3.8, 4) is 0 Å². The molecule has 0 aliphatic carbocycles. The lowest BCUT2D eigenvalue weighted by atomic mass is 10.3. The first-order valence-corrected chi connectivity index (χ1v) is 6.29. The van der Waals surface area contributed by atoms with E-state index < -0.39 is 10.9 Å². The number of hydrogen-bond donors (Lipinski definition) is 1. The summed E-state index contributed by atoms with van der Waals surface area (Å²) in [5.74, 6) is -1.14. The number of carboxylic acids is 1. The maximum Gasteiger partial charge on any atom is 0.338 e. The first kappa shape index (κ1) is 13.9. The zero-order chi connectivity index (χ0) is 14.7. The van der Waals surface area contributed by atoms with E-state index in [1.165, 1.54) is 30.5 Å². The molecule has 0 amide bonds. The molecule has 0 saturated carbocycles. The number of carbonyl (C=O) groups is 1. The zero-order valence-electron chi connectivity index (χ0n) is 10.3. The molecule has 0 atom stereocenters. The van der Waals surface area contributed by atoms with Crippen molar-refractivity contribution in [3.63, 3.8) is 0 Å². The van der Waals surface area contributed by atoms with Crippen LogP contribution in [0, 0.1) is 17.0 Å². The molecule has 0 aromatic carbocycles. The van der Waals surface area contributed by atoms with Crippen molar-refractivity contribution in [2.24, 2.45) is 0 Å². The number of pyridine rings is 2. The van der Waals surface area contributed by atoms with Gasteiger partial charge in [0.15, 0.2) is 5.03 Å². The van der Waals surface area contributed by atoms with Crippen LogP contribution in [-0.2, 0) is 0 Å². The van der Waals surface area contributed by atoms with Gasteiger partial charge in [-0.05, 0) is 36.9 Å². The third-order valence-corrected chi connectivity index (χ3v) is 3.38. The van der Waals surface area contributed by atoms with Crippen molar-refractivity contribution in [1.29, 1.82) is 0 Å². The summed E-state index contributed by atoms with van der Waals surface area (Å²) in [7, 11) is 0. The first-order valence-electron chi connectivity index (χ1n) is 5.47. The highest BCUT2D eigenvalue weighted by Crippen LogP contribution is 2.33. The predicted octanol–water partition coefficient (Wildman–Crippen LogP) is 2.54. The van der Waals surface area contributed by atoms with Crippen LogP contribution in [0.2, 0.25) is 0 Å². The molecule has 20 heavy (non-hydrogen) atoms. The van der Waals surface area contributed by atoms with Gasteiger partial charge in [-0.3, -0.25) is 10.1 Å². The molecule has 0 aliphatic heterocycles. The van der Waals surface area contributed by atoms with Gasteiger partial charge in [-0.15, -0.1) is 0 Å². The van der Waals surface area contributed by atoms with Gasteiger partial charge in [0.1, 0.15) is 5.03 Å². The summed E-state index contributed by atoms with van der Waals surface area (Å²) in [6, 6.07) is 5.75. The fourth-order valence-electron chi connectivity index (χ4n) is 1.47. The quantitative estimate of drug-likeness (QED) is 0.681. The number of aryl methyl sites for hydroxylation is 1. The van der Waals surface area contributed by atoms with E-state index in [0.29, 0.717) is 5.69 Å². The average molecular weight is 291 g/mol. The molecule has 0 aliphatic rings. The van der Waals surface area contributed by atoms with Crippen molar-refractivity contribution in [2.75, 3.05) is 0 Å². The minimum Gasteiger partial charge on any atom is -0.478 e. The molecule has 102 valence electrons. The molecule has 0 radical (unpaired) electrons. The van der Waals surface area contributed by atoms with Crippen molar-refractivity contribution in [3.05, 3.63) is 51.8 Å². The summed E-state index contributed by atoms with van der Waals surface area (Å²) >= 11 is 0.867. The summed E-state index contributed by atoms with van der Waals surface area (Å²) < 4.78 is 0. The molecule has 2 aromatic rings. The Morgan fingerprint density at radius 3 is 2.75 bits per heavy atom. The van der Waals surface area contributed by atoms with E-state index in [1.54, 1.807) is 6.92 Å². The molecule has 0 bridgehead atoms. The maximum atomic E-state index is 11.1. The number of carboxylic acid groups (broad SMARTS) is 1. The van der Waals surface area contributed by atoms with Gasteiger partial charge in [-0.25, -0.2) is 14.8 Å². The van der Waals surface area contributed by atoms with Gasteiger partial charge < -0.3 is 5.11 Å². The Morgan fingerprint density at radius 2 is 2.10 bits per heavy atom. The highest BCUT2D eigenvalue weighted by molar-refractivity contribution is 7.99. The summed E-state index contributed by atoms with van der Waals surface area (Å²) in [5, 5.41) is 20.3. The van der Waals surface area contributed by atoms with Crippen LogP contribution < -0.4 is 0 Å². The van der Waals surface area contributed by atoms with E-state index in [1.807, 2.05) is 0 Å². The van der Waals surface area contributed by atoms with Gasteiger partial charge in [0.2, 0.25) is 0 Å². The lowest BCUT2D eigenvalue weighted by molar-refractivity contribution is -0.388. The fraction of sp³-hybridized carbons (Fsp3) is 0.0833. The molecular formula is C12H9N3O4S. The molecule has 1 N–H and O–H groups in total. The van der Waals surface area contributed by atoms with Crippen LogP contribution in [0.5, 0.6) is 0 Å². The van der Waals surface area contributed by atoms with E-state index in [0.717, 1.165) is 11.8 Å². The largest absolute Gasteiger partial charge is 0.478 e. The Labute approximate surface area is 117 Å². The first-order chi connectivity index (χ1) is 9.49. The molecule has 0 spiro atoms. The minimum atomic E-state index is -1.14. The van der Waals surface area contributed by atoms with E-state index in [9.17, 15) is 14.9 Å². The van der Waals surface area contributed by atoms with Crippen LogP contribution in [0.25, 0.3) is 0 Å². The van der Waals surface area contributed by atoms with Crippen molar-refractivity contribution < 1.29 is 14.8 Å². The van der Waals surface area contributed by atoms with Crippen LogP contribution in [0.15, 0.2) is 40.5 Å². The average Bonchev–Trinajstić information content (AvgIpc) is 2.38. The Morgan fingerprint density at radius 1 is 1.35 bits per heavy atom. The second-order valence-corrected chi connectivity index (χ2v) is 4.77. The molecule has 0 fully saturated rings. The fourth-order valence-corrected chi connectivity index (χ4v) is 2.46. The Balaban J connectivity index is 2.47. The summed E-state index contributed by atoms with van der Waals surface area (Å²) in [6.07, 6.45) is 1.43. The lowest BCUT2D eigenvalue weighted by Crippen LogP contribution is -2.01. The van der Waals surface area contributed by atoms with Crippen molar-refractivity contribution in [2.45, 2.75) is 17.0 Å². The third-order valence-electron chi connectivity index (χ3n) is 2.37. The number of rotatable bonds is 4. The van der Waals surface area contributed by atoms with Crippen LogP contribution >= 0.6 is 11.8 Å². The monoisotopic (exact) mass is 291 g/mol. The van der Waals surface area contributed by atoms with Gasteiger partial charge in [-0.2, -0.15) is 0 Å². The number of aromatic nitrogens is 2. The normalized spacial score (nSPS) is 10.2. The van der Waals surface area contributed by atoms with E-state index in [4.69, 9.17) is 5.11 Å². The molecule has 2 aromatic heterocycles. The summed E-state index contributed by atoms with van der Waals surface area (Å²) in [4.78, 5) is 29.5. The van der Waals surface area contributed by atoms with E-state index >= 15 is 0 Å². The minimum absolute atomic E-state index is 0.0184. The molecule has 7 nitrogen and oxygen atoms in total. The van der Waals surface area contributed by atoms with Crippen molar-refractivity contribution in [1.82, 2.24) is 9.97 Å². The maximum absolute atomic E-state index is 11.1. The Hall–Kier alpha value is -2.48. The van der Waals surface area contributed by atoms with Gasteiger partial charge in [0.05, 0.1) is 10.5 Å². The number of nitrogens with zero attached hydrogens (tertiary/aromatic N) is 3.